The molecule has 1 atom stereocenters. The predicted molar refractivity (Wildman–Crippen MR) is 93.4 cm³/mol. The molecule has 0 bridgehead atoms. The van der Waals surface area contributed by atoms with Gasteiger partial charge in [0.1, 0.15) is 0 Å². The predicted octanol–water partition coefficient (Wildman–Crippen LogP) is 1.63. The highest BCUT2D eigenvalue weighted by Crippen LogP contribution is 2.28. The normalized spacial score (nSPS) is 23.3. The maximum atomic E-state index is 12.7. The van der Waals surface area contributed by atoms with E-state index in [4.69, 9.17) is 0 Å². The number of nitrogens with one attached hydrogen (secondary N) is 1. The number of amides is 2. The number of carbonyl (C=O) groups is 2. The minimum atomic E-state index is -0.507. The third kappa shape index (κ3) is 4.37. The van der Waals surface area contributed by atoms with Crippen LogP contribution < -0.4 is 5.32 Å². The van der Waals surface area contributed by atoms with Crippen molar-refractivity contribution < 1.29 is 14.7 Å². The van der Waals surface area contributed by atoms with Crippen LogP contribution in [-0.4, -0.2) is 45.5 Å². The number of pyridine rings is 1. The number of hydrogen-bond donors (Lipinski definition) is 2. The molecule has 0 aromatic carbocycles. The first-order valence-electron chi connectivity index (χ1n) is 9.21. The molecule has 1 aliphatic heterocycles. The zero-order valence-corrected chi connectivity index (χ0v) is 14.6. The maximum absolute atomic E-state index is 12.7. The Bertz CT molecular complexity index is 597. The number of likely N-dealkylation sites (tertiary alicyclic amines) is 1. The monoisotopic (exact) mass is 345 g/mol. The van der Waals surface area contributed by atoms with Gasteiger partial charge in [-0.3, -0.25) is 14.6 Å². The lowest BCUT2D eigenvalue weighted by molar-refractivity contribution is -0.130. The Morgan fingerprint density at radius 1 is 1.32 bits per heavy atom. The van der Waals surface area contributed by atoms with Crippen molar-refractivity contribution in [3.05, 3.63) is 30.1 Å². The van der Waals surface area contributed by atoms with Gasteiger partial charge >= 0.3 is 0 Å². The highest BCUT2D eigenvalue weighted by molar-refractivity contribution is 5.89. The summed E-state index contributed by atoms with van der Waals surface area (Å²) in [5, 5.41) is 12.9. The van der Waals surface area contributed by atoms with Gasteiger partial charge in [0.25, 0.3) is 0 Å². The molecule has 1 aromatic heterocycles. The molecule has 2 aliphatic rings. The molecule has 6 heteroatoms. The van der Waals surface area contributed by atoms with Crippen molar-refractivity contribution in [2.24, 2.45) is 5.92 Å². The molecule has 1 aromatic rings. The zero-order chi connectivity index (χ0) is 17.7. The molecule has 2 N–H and O–H groups in total. The summed E-state index contributed by atoms with van der Waals surface area (Å²) in [6.45, 7) is 0.890. The Morgan fingerprint density at radius 2 is 2.08 bits per heavy atom. The van der Waals surface area contributed by atoms with E-state index < -0.39 is 5.54 Å². The van der Waals surface area contributed by atoms with Crippen LogP contribution in [0.1, 0.15) is 50.5 Å². The largest absolute Gasteiger partial charge is 0.394 e. The van der Waals surface area contributed by atoms with Gasteiger partial charge in [-0.1, -0.05) is 31.7 Å². The van der Waals surface area contributed by atoms with Gasteiger partial charge in [-0.05, 0) is 24.5 Å². The fourth-order valence-corrected chi connectivity index (χ4v) is 3.90. The van der Waals surface area contributed by atoms with Crippen molar-refractivity contribution in [2.45, 2.75) is 57.0 Å². The van der Waals surface area contributed by atoms with Gasteiger partial charge in [0.2, 0.25) is 11.8 Å². The minimum Gasteiger partial charge on any atom is -0.394 e. The molecule has 1 aliphatic carbocycles. The summed E-state index contributed by atoms with van der Waals surface area (Å²) < 4.78 is 0. The molecular formula is C19H27N3O3. The van der Waals surface area contributed by atoms with Crippen molar-refractivity contribution in [1.82, 2.24) is 15.2 Å². The van der Waals surface area contributed by atoms with Crippen LogP contribution in [0.2, 0.25) is 0 Å². The van der Waals surface area contributed by atoms with E-state index in [1.807, 2.05) is 12.1 Å². The second-order valence-corrected chi connectivity index (χ2v) is 7.38. The van der Waals surface area contributed by atoms with Gasteiger partial charge < -0.3 is 15.3 Å². The molecule has 3 rings (SSSR count). The van der Waals surface area contributed by atoms with E-state index in [0.29, 0.717) is 13.1 Å². The van der Waals surface area contributed by atoms with Crippen LogP contribution in [0.3, 0.4) is 0 Å². The zero-order valence-electron chi connectivity index (χ0n) is 14.6. The van der Waals surface area contributed by atoms with Crippen LogP contribution in [0.5, 0.6) is 0 Å². The molecule has 0 unspecified atom stereocenters. The van der Waals surface area contributed by atoms with Crippen LogP contribution in [0, 0.1) is 5.92 Å². The van der Waals surface area contributed by atoms with E-state index >= 15 is 0 Å². The van der Waals surface area contributed by atoms with Gasteiger partial charge in [-0.15, -0.1) is 0 Å². The molecule has 1 saturated carbocycles. The Balaban J connectivity index is 1.60. The summed E-state index contributed by atoms with van der Waals surface area (Å²) in [5.74, 6) is -0.434. The van der Waals surface area contributed by atoms with Gasteiger partial charge in [0.15, 0.2) is 0 Å². The fraction of sp³-hybridized carbons (Fsp3) is 0.632. The van der Waals surface area contributed by atoms with E-state index in [0.717, 1.165) is 44.1 Å². The summed E-state index contributed by atoms with van der Waals surface area (Å²) >= 11 is 0. The van der Waals surface area contributed by atoms with Crippen molar-refractivity contribution in [1.29, 1.82) is 0 Å². The number of carbonyl (C=O) groups excluding carboxylic acids is 2. The van der Waals surface area contributed by atoms with E-state index in [2.05, 4.69) is 10.3 Å². The summed E-state index contributed by atoms with van der Waals surface area (Å²) in [6, 6.07) is 3.77. The van der Waals surface area contributed by atoms with Crippen LogP contribution in [0.4, 0.5) is 0 Å². The van der Waals surface area contributed by atoms with Crippen LogP contribution in [0.25, 0.3) is 0 Å². The average molecular weight is 345 g/mol. The number of nitrogens with zero attached hydrogens (tertiary/aromatic N) is 2. The maximum Gasteiger partial charge on any atom is 0.225 e. The molecule has 0 spiro atoms. The van der Waals surface area contributed by atoms with Crippen molar-refractivity contribution >= 4 is 11.8 Å². The summed E-state index contributed by atoms with van der Waals surface area (Å²) in [6.07, 6.45) is 9.67. The van der Waals surface area contributed by atoms with Crippen molar-refractivity contribution in [3.63, 3.8) is 0 Å². The molecule has 2 amide bonds. The molecule has 1 saturated heterocycles. The van der Waals surface area contributed by atoms with E-state index in [-0.39, 0.29) is 30.8 Å². The lowest BCUT2D eigenvalue weighted by atomic mass is 9.90. The highest BCUT2D eigenvalue weighted by Gasteiger charge is 2.38. The van der Waals surface area contributed by atoms with E-state index in [1.165, 1.54) is 0 Å². The first kappa shape index (κ1) is 17.9. The number of aromatic nitrogens is 1. The van der Waals surface area contributed by atoms with E-state index in [1.54, 1.807) is 17.3 Å². The summed E-state index contributed by atoms with van der Waals surface area (Å²) in [4.78, 5) is 30.8. The van der Waals surface area contributed by atoms with Crippen LogP contribution >= 0.6 is 0 Å². The Hall–Kier alpha value is -1.95. The molecule has 6 nitrogen and oxygen atoms in total. The standard InChI is InChI=1S/C19H27N3O3/c23-14-19(7-3-1-2-4-8-19)21-18(25)16-10-17(24)22(13-16)12-15-6-5-9-20-11-15/h5-6,9,11,16,23H,1-4,7-8,10,12-14H2,(H,21,25)/t16-/m1/s1. The van der Waals surface area contributed by atoms with Gasteiger partial charge in [-0.2, -0.15) is 0 Å². The second kappa shape index (κ2) is 7.95. The lowest BCUT2D eigenvalue weighted by Crippen LogP contribution is -2.53. The summed E-state index contributed by atoms with van der Waals surface area (Å²) in [5.41, 5.74) is 0.459. The Morgan fingerprint density at radius 3 is 2.72 bits per heavy atom. The Labute approximate surface area is 148 Å². The van der Waals surface area contributed by atoms with Crippen molar-refractivity contribution in [2.75, 3.05) is 13.2 Å². The van der Waals surface area contributed by atoms with Crippen molar-refractivity contribution in [3.8, 4) is 0 Å². The third-order valence-corrected chi connectivity index (χ3v) is 5.43. The average Bonchev–Trinajstić information content (AvgIpc) is 2.84. The smallest absolute Gasteiger partial charge is 0.225 e. The SMILES string of the molecule is O=C(NC1(CO)CCCCCC1)[C@@H]1CC(=O)N(Cc2cccnc2)C1. The topological polar surface area (TPSA) is 82.5 Å². The molecular weight excluding hydrogens is 318 g/mol. The molecule has 2 heterocycles. The molecule has 2 fully saturated rings. The fourth-order valence-electron chi connectivity index (χ4n) is 3.90. The first-order chi connectivity index (χ1) is 12.1. The molecule has 0 radical (unpaired) electrons. The molecule has 136 valence electrons. The van der Waals surface area contributed by atoms with Gasteiger partial charge in [0, 0.05) is 31.9 Å². The number of hydrogen-bond acceptors (Lipinski definition) is 4. The van der Waals surface area contributed by atoms with E-state index in [9.17, 15) is 14.7 Å². The Kier molecular flexibility index (Phi) is 5.68. The van der Waals surface area contributed by atoms with Crippen LogP contribution in [-0.2, 0) is 16.1 Å². The first-order valence-corrected chi connectivity index (χ1v) is 9.21. The molecule has 25 heavy (non-hydrogen) atoms. The quantitative estimate of drug-likeness (QED) is 0.795. The number of aliphatic hydroxyl groups is 1. The lowest BCUT2D eigenvalue weighted by Gasteiger charge is -2.33. The number of rotatable bonds is 5. The van der Waals surface area contributed by atoms with Gasteiger partial charge in [0.05, 0.1) is 18.1 Å². The summed E-state index contributed by atoms with van der Waals surface area (Å²) in [7, 11) is 0. The number of aliphatic hydroxyl groups excluding tert-OH is 1. The highest BCUT2D eigenvalue weighted by atomic mass is 16.3. The third-order valence-electron chi connectivity index (χ3n) is 5.43. The minimum absolute atomic E-state index is 0.00270. The van der Waals surface area contributed by atoms with Gasteiger partial charge in [-0.25, -0.2) is 0 Å². The van der Waals surface area contributed by atoms with Crippen LogP contribution in [0.15, 0.2) is 24.5 Å². The second-order valence-electron chi connectivity index (χ2n) is 7.38.